The lowest BCUT2D eigenvalue weighted by Gasteiger charge is -2.20. The molecule has 0 radical (unpaired) electrons. The van der Waals surface area contributed by atoms with Crippen molar-refractivity contribution in [3.63, 3.8) is 0 Å². The van der Waals surface area contributed by atoms with Gasteiger partial charge in [0.15, 0.2) is 0 Å². The van der Waals surface area contributed by atoms with Crippen molar-refractivity contribution in [3.8, 4) is 5.75 Å². The quantitative estimate of drug-likeness (QED) is 0.752. The first kappa shape index (κ1) is 14.0. The zero-order valence-electron chi connectivity index (χ0n) is 10.8. The highest BCUT2D eigenvalue weighted by molar-refractivity contribution is 5.20. The third-order valence-electron chi connectivity index (χ3n) is 2.60. The number of nitrogens with zero attached hydrogens (tertiary/aromatic N) is 1. The van der Waals surface area contributed by atoms with Crippen LogP contribution in [0.1, 0.15) is 19.8 Å². The maximum Gasteiger partial charge on any atom is 0.119 e. The lowest BCUT2D eigenvalue weighted by Crippen LogP contribution is -2.33. The van der Waals surface area contributed by atoms with Crippen LogP contribution in [0, 0.1) is 0 Å². The van der Waals surface area contributed by atoms with E-state index in [1.807, 2.05) is 37.4 Å². The van der Waals surface area contributed by atoms with Gasteiger partial charge in [-0.2, -0.15) is 0 Å². The molecule has 0 fully saturated rings. The Kier molecular flexibility index (Phi) is 6.67. The summed E-state index contributed by atoms with van der Waals surface area (Å²) in [5.41, 5.74) is 0. The summed E-state index contributed by atoms with van der Waals surface area (Å²) in [5.74, 6) is 0.808. The summed E-state index contributed by atoms with van der Waals surface area (Å²) in [5, 5.41) is 9.81. The Balaban J connectivity index is 2.19. The predicted molar refractivity (Wildman–Crippen MR) is 70.3 cm³/mol. The van der Waals surface area contributed by atoms with E-state index in [1.54, 1.807) is 0 Å². The summed E-state index contributed by atoms with van der Waals surface area (Å²) in [6.07, 6.45) is 1.92. The van der Waals surface area contributed by atoms with Crippen molar-refractivity contribution >= 4 is 0 Å². The van der Waals surface area contributed by atoms with Crippen molar-refractivity contribution in [1.82, 2.24) is 4.90 Å². The lowest BCUT2D eigenvalue weighted by atomic mass is 10.3. The van der Waals surface area contributed by atoms with Crippen LogP contribution in [0.5, 0.6) is 5.75 Å². The number of aliphatic hydroxyl groups is 1. The van der Waals surface area contributed by atoms with Crippen LogP contribution >= 0.6 is 0 Å². The van der Waals surface area contributed by atoms with Crippen molar-refractivity contribution in [2.24, 2.45) is 0 Å². The molecule has 0 saturated heterocycles. The molecule has 1 aromatic carbocycles. The van der Waals surface area contributed by atoms with Gasteiger partial charge < -0.3 is 14.7 Å². The predicted octanol–water partition coefficient (Wildman–Crippen LogP) is 2.16. The molecule has 1 unspecified atom stereocenters. The van der Waals surface area contributed by atoms with E-state index in [1.165, 1.54) is 12.8 Å². The summed E-state index contributed by atoms with van der Waals surface area (Å²) >= 11 is 0. The molecule has 1 atom stereocenters. The van der Waals surface area contributed by atoms with E-state index in [0.717, 1.165) is 12.3 Å². The van der Waals surface area contributed by atoms with Gasteiger partial charge in [-0.1, -0.05) is 31.5 Å². The van der Waals surface area contributed by atoms with E-state index in [9.17, 15) is 5.11 Å². The number of benzene rings is 1. The highest BCUT2D eigenvalue weighted by Crippen LogP contribution is 2.08. The smallest absolute Gasteiger partial charge is 0.119 e. The SMILES string of the molecule is CCCCN(C)CC(O)COc1ccccc1. The first-order chi connectivity index (χ1) is 8.22. The molecule has 0 aliphatic rings. The van der Waals surface area contributed by atoms with Crippen LogP contribution in [-0.4, -0.2) is 42.9 Å². The van der Waals surface area contributed by atoms with E-state index in [4.69, 9.17) is 4.74 Å². The average Bonchev–Trinajstić information content (AvgIpc) is 2.35. The number of ether oxygens (including phenoxy) is 1. The molecule has 0 amide bonds. The largest absolute Gasteiger partial charge is 0.491 e. The first-order valence-corrected chi connectivity index (χ1v) is 6.26. The van der Waals surface area contributed by atoms with Gasteiger partial charge in [0.2, 0.25) is 0 Å². The van der Waals surface area contributed by atoms with Gasteiger partial charge >= 0.3 is 0 Å². The fourth-order valence-corrected chi connectivity index (χ4v) is 1.64. The van der Waals surface area contributed by atoms with Crippen LogP contribution in [-0.2, 0) is 0 Å². The van der Waals surface area contributed by atoms with Gasteiger partial charge in [-0.05, 0) is 32.1 Å². The minimum atomic E-state index is -0.433. The van der Waals surface area contributed by atoms with E-state index in [0.29, 0.717) is 13.2 Å². The maximum absolute atomic E-state index is 9.81. The molecule has 0 saturated carbocycles. The Morgan fingerprint density at radius 3 is 2.65 bits per heavy atom. The standard InChI is InChI=1S/C14H23NO2/c1-3-4-10-15(2)11-13(16)12-17-14-8-6-5-7-9-14/h5-9,13,16H,3-4,10-12H2,1-2H3. The zero-order valence-corrected chi connectivity index (χ0v) is 10.8. The van der Waals surface area contributed by atoms with Crippen molar-refractivity contribution < 1.29 is 9.84 Å². The van der Waals surface area contributed by atoms with E-state index < -0.39 is 6.10 Å². The third-order valence-corrected chi connectivity index (χ3v) is 2.60. The van der Waals surface area contributed by atoms with Gasteiger partial charge in [-0.3, -0.25) is 0 Å². The van der Waals surface area contributed by atoms with Gasteiger partial charge in [0.25, 0.3) is 0 Å². The topological polar surface area (TPSA) is 32.7 Å². The molecule has 96 valence electrons. The molecule has 0 aliphatic heterocycles. The van der Waals surface area contributed by atoms with Gasteiger partial charge in [0.1, 0.15) is 18.5 Å². The van der Waals surface area contributed by atoms with Crippen LogP contribution in [0.3, 0.4) is 0 Å². The van der Waals surface area contributed by atoms with Crippen molar-refractivity contribution in [2.75, 3.05) is 26.7 Å². The van der Waals surface area contributed by atoms with Gasteiger partial charge in [-0.25, -0.2) is 0 Å². The molecule has 0 bridgehead atoms. The minimum absolute atomic E-state index is 0.348. The Labute approximate surface area is 104 Å². The minimum Gasteiger partial charge on any atom is -0.491 e. The molecule has 1 rings (SSSR count). The number of aliphatic hydroxyl groups excluding tert-OH is 1. The van der Waals surface area contributed by atoms with E-state index in [2.05, 4.69) is 11.8 Å². The van der Waals surface area contributed by atoms with Crippen molar-refractivity contribution in [3.05, 3.63) is 30.3 Å². The molecule has 1 aromatic rings. The molecular formula is C14H23NO2. The van der Waals surface area contributed by atoms with Crippen molar-refractivity contribution in [1.29, 1.82) is 0 Å². The summed E-state index contributed by atoms with van der Waals surface area (Å²) in [7, 11) is 2.03. The lowest BCUT2D eigenvalue weighted by molar-refractivity contribution is 0.0760. The fraction of sp³-hybridized carbons (Fsp3) is 0.571. The highest BCUT2D eigenvalue weighted by Gasteiger charge is 2.08. The van der Waals surface area contributed by atoms with Gasteiger partial charge in [-0.15, -0.1) is 0 Å². The van der Waals surface area contributed by atoms with E-state index >= 15 is 0 Å². The van der Waals surface area contributed by atoms with Crippen LogP contribution < -0.4 is 4.74 Å². The third kappa shape index (κ3) is 6.29. The molecule has 3 heteroatoms. The number of hydrogen-bond acceptors (Lipinski definition) is 3. The second-order valence-corrected chi connectivity index (χ2v) is 4.39. The zero-order chi connectivity index (χ0) is 12.5. The number of rotatable bonds is 8. The first-order valence-electron chi connectivity index (χ1n) is 6.26. The molecule has 0 heterocycles. The second-order valence-electron chi connectivity index (χ2n) is 4.39. The Morgan fingerprint density at radius 1 is 1.29 bits per heavy atom. The summed E-state index contributed by atoms with van der Waals surface area (Å²) < 4.78 is 5.50. The molecule has 1 N–H and O–H groups in total. The van der Waals surface area contributed by atoms with Crippen molar-refractivity contribution in [2.45, 2.75) is 25.9 Å². The molecule has 0 aromatic heterocycles. The normalized spacial score (nSPS) is 12.7. The monoisotopic (exact) mass is 237 g/mol. The summed E-state index contributed by atoms with van der Waals surface area (Å²) in [6.45, 7) is 4.20. The number of para-hydroxylation sites is 1. The number of unbranched alkanes of at least 4 members (excludes halogenated alkanes) is 1. The van der Waals surface area contributed by atoms with E-state index in [-0.39, 0.29) is 0 Å². The molecule has 17 heavy (non-hydrogen) atoms. The molecule has 0 aliphatic carbocycles. The summed E-state index contributed by atoms with van der Waals surface area (Å²) in [4.78, 5) is 2.14. The van der Waals surface area contributed by atoms with Crippen LogP contribution in [0.4, 0.5) is 0 Å². The average molecular weight is 237 g/mol. The van der Waals surface area contributed by atoms with Crippen LogP contribution in [0.15, 0.2) is 30.3 Å². The Hall–Kier alpha value is -1.06. The second kappa shape index (κ2) is 8.09. The van der Waals surface area contributed by atoms with Crippen LogP contribution in [0.2, 0.25) is 0 Å². The number of likely N-dealkylation sites (N-methyl/N-ethyl adjacent to an activating group) is 1. The van der Waals surface area contributed by atoms with Gasteiger partial charge in [0.05, 0.1) is 0 Å². The molecule has 3 nitrogen and oxygen atoms in total. The Bertz CT molecular complexity index is 290. The van der Waals surface area contributed by atoms with Crippen LogP contribution in [0.25, 0.3) is 0 Å². The molecule has 0 spiro atoms. The summed E-state index contributed by atoms with van der Waals surface area (Å²) in [6, 6.07) is 9.59. The van der Waals surface area contributed by atoms with Gasteiger partial charge in [0, 0.05) is 6.54 Å². The highest BCUT2D eigenvalue weighted by atomic mass is 16.5. The Morgan fingerprint density at radius 2 is 2.00 bits per heavy atom. The molecular weight excluding hydrogens is 214 g/mol. The maximum atomic E-state index is 9.81. The number of hydrogen-bond donors (Lipinski definition) is 1. The fourth-order valence-electron chi connectivity index (χ4n) is 1.64.